The third-order valence-electron chi connectivity index (χ3n) is 5.98. The summed E-state index contributed by atoms with van der Waals surface area (Å²) in [7, 11) is 0. The van der Waals surface area contributed by atoms with E-state index in [2.05, 4.69) is 10.2 Å². The molecule has 0 aliphatic heterocycles. The molecular weight excluding hydrogens is 262 g/mol. The van der Waals surface area contributed by atoms with Crippen molar-refractivity contribution in [3.8, 4) is 5.75 Å². The van der Waals surface area contributed by atoms with E-state index in [4.69, 9.17) is 4.74 Å². The second-order valence-electron chi connectivity index (χ2n) is 7.67. The quantitative estimate of drug-likeness (QED) is 0.867. The predicted molar refractivity (Wildman–Crippen MR) is 79.1 cm³/mol. The van der Waals surface area contributed by atoms with Gasteiger partial charge in [0.1, 0.15) is 12.1 Å². The van der Waals surface area contributed by atoms with Gasteiger partial charge in [0.25, 0.3) is 0 Å². The highest BCUT2D eigenvalue weighted by Gasteiger charge is 2.51. The van der Waals surface area contributed by atoms with E-state index in [1.807, 2.05) is 22.7 Å². The molecule has 4 bridgehead atoms. The fourth-order valence-electron chi connectivity index (χ4n) is 5.59. The Kier molecular flexibility index (Phi) is 2.41. The van der Waals surface area contributed by atoms with Crippen LogP contribution in [0.3, 0.4) is 0 Å². The number of nitrogens with zero attached hydrogens (tertiary/aromatic N) is 3. The molecule has 2 aromatic rings. The van der Waals surface area contributed by atoms with Gasteiger partial charge in [-0.05, 0) is 62.3 Å². The maximum absolute atomic E-state index is 6.19. The summed E-state index contributed by atoms with van der Waals surface area (Å²) in [6, 6.07) is 4.02. The molecule has 6 rings (SSSR count). The van der Waals surface area contributed by atoms with Gasteiger partial charge in [-0.1, -0.05) is 0 Å². The van der Waals surface area contributed by atoms with Crippen molar-refractivity contribution in [1.29, 1.82) is 0 Å². The largest absolute Gasteiger partial charge is 0.493 e. The van der Waals surface area contributed by atoms with E-state index in [9.17, 15) is 0 Å². The highest BCUT2D eigenvalue weighted by Crippen LogP contribution is 2.60. The van der Waals surface area contributed by atoms with Crippen LogP contribution in [0.4, 0.5) is 0 Å². The minimum atomic E-state index is 0.467. The minimum Gasteiger partial charge on any atom is -0.493 e. The van der Waals surface area contributed by atoms with E-state index >= 15 is 0 Å². The summed E-state index contributed by atoms with van der Waals surface area (Å²) in [5, 5.41) is 8.00. The smallest absolute Gasteiger partial charge is 0.164 e. The molecule has 21 heavy (non-hydrogen) atoms. The van der Waals surface area contributed by atoms with Crippen molar-refractivity contribution >= 4 is 5.65 Å². The zero-order chi connectivity index (χ0) is 13.9. The first-order valence-corrected chi connectivity index (χ1v) is 8.20. The van der Waals surface area contributed by atoms with Crippen molar-refractivity contribution < 1.29 is 4.74 Å². The summed E-state index contributed by atoms with van der Waals surface area (Å²) in [5.74, 6) is 3.89. The first-order valence-electron chi connectivity index (χ1n) is 8.20. The average Bonchev–Trinajstić information content (AvgIpc) is 2.91. The van der Waals surface area contributed by atoms with Gasteiger partial charge in [-0.3, -0.25) is 4.40 Å². The molecule has 2 heterocycles. The Bertz CT molecular complexity index is 642. The van der Waals surface area contributed by atoms with Crippen LogP contribution in [-0.4, -0.2) is 21.2 Å². The van der Waals surface area contributed by atoms with Crippen molar-refractivity contribution in [1.82, 2.24) is 14.6 Å². The lowest BCUT2D eigenvalue weighted by molar-refractivity contribution is -0.0745. The van der Waals surface area contributed by atoms with Crippen LogP contribution in [0.15, 0.2) is 24.7 Å². The molecule has 0 saturated heterocycles. The molecule has 4 nitrogen and oxygen atoms in total. The van der Waals surface area contributed by atoms with Gasteiger partial charge in [-0.2, -0.15) is 0 Å². The summed E-state index contributed by atoms with van der Waals surface area (Å²) >= 11 is 0. The average molecular weight is 283 g/mol. The third kappa shape index (κ3) is 1.95. The number of ether oxygens (including phenoxy) is 1. The molecule has 0 unspecified atom stereocenters. The molecule has 0 amide bonds. The zero-order valence-corrected chi connectivity index (χ0v) is 12.2. The van der Waals surface area contributed by atoms with E-state index in [1.165, 1.54) is 38.5 Å². The summed E-state index contributed by atoms with van der Waals surface area (Å²) in [6.45, 7) is 0.890. The molecule has 4 fully saturated rings. The van der Waals surface area contributed by atoms with Gasteiger partial charge < -0.3 is 4.74 Å². The van der Waals surface area contributed by atoms with Crippen LogP contribution < -0.4 is 4.74 Å². The Balaban J connectivity index is 1.35. The van der Waals surface area contributed by atoms with E-state index in [0.717, 1.165) is 35.8 Å². The predicted octanol–water partition coefficient (Wildman–Crippen LogP) is 3.32. The molecule has 0 aromatic carbocycles. The molecule has 4 aliphatic carbocycles. The lowest BCUT2D eigenvalue weighted by atomic mass is 9.50. The van der Waals surface area contributed by atoms with Gasteiger partial charge in [-0.25, -0.2) is 0 Å². The number of fused-ring (bicyclic) bond motifs is 1. The minimum absolute atomic E-state index is 0.467. The second kappa shape index (κ2) is 4.21. The maximum Gasteiger partial charge on any atom is 0.164 e. The summed E-state index contributed by atoms with van der Waals surface area (Å²) < 4.78 is 8.10. The van der Waals surface area contributed by atoms with Crippen molar-refractivity contribution in [2.45, 2.75) is 38.5 Å². The van der Waals surface area contributed by atoms with E-state index in [0.29, 0.717) is 5.41 Å². The maximum atomic E-state index is 6.19. The van der Waals surface area contributed by atoms with Crippen LogP contribution >= 0.6 is 0 Å². The fraction of sp³-hybridized carbons (Fsp3) is 0.647. The normalized spacial score (nSPS) is 37.2. The van der Waals surface area contributed by atoms with Gasteiger partial charge in [0.05, 0.1) is 6.61 Å². The van der Waals surface area contributed by atoms with Gasteiger partial charge in [0.15, 0.2) is 5.65 Å². The topological polar surface area (TPSA) is 39.4 Å². The Morgan fingerprint density at radius 1 is 1.14 bits per heavy atom. The van der Waals surface area contributed by atoms with Crippen LogP contribution in [-0.2, 0) is 0 Å². The first kappa shape index (κ1) is 12.0. The van der Waals surface area contributed by atoms with Crippen LogP contribution in [0.1, 0.15) is 38.5 Å². The van der Waals surface area contributed by atoms with Crippen LogP contribution in [0.25, 0.3) is 5.65 Å². The van der Waals surface area contributed by atoms with E-state index < -0.39 is 0 Å². The number of aromatic nitrogens is 3. The number of hydrogen-bond acceptors (Lipinski definition) is 3. The zero-order valence-electron chi connectivity index (χ0n) is 12.2. The van der Waals surface area contributed by atoms with Crippen molar-refractivity contribution in [2.24, 2.45) is 23.2 Å². The van der Waals surface area contributed by atoms with Gasteiger partial charge in [0.2, 0.25) is 0 Å². The molecule has 2 aromatic heterocycles. The van der Waals surface area contributed by atoms with Crippen LogP contribution in [0, 0.1) is 23.2 Å². The monoisotopic (exact) mass is 283 g/mol. The highest BCUT2D eigenvalue weighted by atomic mass is 16.5. The number of rotatable bonds is 3. The standard InChI is InChI=1S/C17H21N3O/c1-2-20-11-18-19-16(20)6-15(1)21-10-17-7-12-3-13(8-17)5-14(4-12)9-17/h1-2,6,11-14H,3-5,7-10H2. The Morgan fingerprint density at radius 2 is 1.86 bits per heavy atom. The molecule has 0 atom stereocenters. The van der Waals surface area contributed by atoms with Gasteiger partial charge in [0, 0.05) is 17.7 Å². The van der Waals surface area contributed by atoms with Crippen molar-refractivity contribution in [2.75, 3.05) is 6.61 Å². The highest BCUT2D eigenvalue weighted by molar-refractivity contribution is 5.42. The number of pyridine rings is 1. The third-order valence-corrected chi connectivity index (χ3v) is 5.98. The fourth-order valence-corrected chi connectivity index (χ4v) is 5.59. The van der Waals surface area contributed by atoms with Crippen LogP contribution in [0.5, 0.6) is 5.75 Å². The van der Waals surface area contributed by atoms with Gasteiger partial charge in [-0.15, -0.1) is 10.2 Å². The molecule has 4 heteroatoms. The lowest BCUT2D eigenvalue weighted by Gasteiger charge is -2.56. The molecule has 4 aliphatic rings. The van der Waals surface area contributed by atoms with Crippen LogP contribution in [0.2, 0.25) is 0 Å². The molecule has 4 saturated carbocycles. The molecule has 110 valence electrons. The SMILES string of the molecule is c1cn2cnnc2cc1OCC12CC3CC(CC(C3)C1)C2. The Morgan fingerprint density at radius 3 is 2.57 bits per heavy atom. The van der Waals surface area contributed by atoms with E-state index in [1.54, 1.807) is 6.33 Å². The van der Waals surface area contributed by atoms with Gasteiger partial charge >= 0.3 is 0 Å². The van der Waals surface area contributed by atoms with Crippen molar-refractivity contribution in [3.05, 3.63) is 24.7 Å². The molecule has 0 spiro atoms. The molecule has 0 radical (unpaired) electrons. The second-order valence-corrected chi connectivity index (χ2v) is 7.67. The Labute approximate surface area is 124 Å². The van der Waals surface area contributed by atoms with Crippen molar-refractivity contribution in [3.63, 3.8) is 0 Å². The summed E-state index contributed by atoms with van der Waals surface area (Å²) in [5.41, 5.74) is 1.33. The first-order chi connectivity index (χ1) is 10.3. The Hall–Kier alpha value is -1.58. The van der Waals surface area contributed by atoms with E-state index in [-0.39, 0.29) is 0 Å². The lowest BCUT2D eigenvalue weighted by Crippen LogP contribution is -2.48. The number of hydrogen-bond donors (Lipinski definition) is 0. The molecular formula is C17H21N3O. The summed E-state index contributed by atoms with van der Waals surface area (Å²) in [4.78, 5) is 0. The summed E-state index contributed by atoms with van der Waals surface area (Å²) in [6.07, 6.45) is 12.4. The molecule has 0 N–H and O–H groups in total.